The zero-order valence-electron chi connectivity index (χ0n) is 14.8. The van der Waals surface area contributed by atoms with E-state index < -0.39 is 0 Å². The summed E-state index contributed by atoms with van der Waals surface area (Å²) in [4.78, 5) is 4.40. The molecule has 142 valence electrons. The van der Waals surface area contributed by atoms with Gasteiger partial charge in [-0.3, -0.25) is 0 Å². The summed E-state index contributed by atoms with van der Waals surface area (Å²) >= 11 is 1.36. The second-order valence-electron chi connectivity index (χ2n) is 6.13. The molecule has 7 nitrogen and oxygen atoms in total. The SMILES string of the molecule is Nn1c(Cc2ccc(F)cc2)nnc1SCc1nc(Cc2ccccc2)no1. The Hall–Kier alpha value is -3.20. The Bertz CT molecular complexity index is 1050. The number of nitrogen functional groups attached to an aromatic ring is 1. The first-order valence-corrected chi connectivity index (χ1v) is 9.58. The Labute approximate surface area is 164 Å². The molecule has 0 aliphatic rings. The van der Waals surface area contributed by atoms with Gasteiger partial charge in [0.15, 0.2) is 11.6 Å². The molecule has 2 aromatic heterocycles. The largest absolute Gasteiger partial charge is 0.338 e. The smallest absolute Gasteiger partial charge is 0.237 e. The number of benzene rings is 2. The van der Waals surface area contributed by atoms with Crippen LogP contribution in [-0.4, -0.2) is 25.0 Å². The van der Waals surface area contributed by atoms with E-state index in [0.29, 0.717) is 41.3 Å². The number of hydrogen-bond acceptors (Lipinski definition) is 7. The van der Waals surface area contributed by atoms with E-state index in [1.165, 1.54) is 28.6 Å². The van der Waals surface area contributed by atoms with Gasteiger partial charge in [0.1, 0.15) is 5.82 Å². The van der Waals surface area contributed by atoms with Crippen LogP contribution in [0.1, 0.15) is 28.7 Å². The fraction of sp³-hybridized carbons (Fsp3) is 0.158. The minimum Gasteiger partial charge on any atom is -0.338 e. The summed E-state index contributed by atoms with van der Waals surface area (Å²) in [6, 6.07) is 16.2. The van der Waals surface area contributed by atoms with Gasteiger partial charge in [-0.05, 0) is 23.3 Å². The molecule has 0 spiro atoms. The fourth-order valence-corrected chi connectivity index (χ4v) is 3.35. The average Bonchev–Trinajstić information content (AvgIpc) is 3.30. The molecular weight excluding hydrogens is 379 g/mol. The highest BCUT2D eigenvalue weighted by molar-refractivity contribution is 7.98. The van der Waals surface area contributed by atoms with Gasteiger partial charge in [-0.25, -0.2) is 9.07 Å². The number of hydrogen-bond donors (Lipinski definition) is 1. The van der Waals surface area contributed by atoms with Gasteiger partial charge in [0.2, 0.25) is 11.0 Å². The van der Waals surface area contributed by atoms with Crippen LogP contribution in [0.15, 0.2) is 64.3 Å². The maximum absolute atomic E-state index is 13.0. The van der Waals surface area contributed by atoms with Crippen molar-refractivity contribution >= 4 is 11.8 Å². The van der Waals surface area contributed by atoms with E-state index in [-0.39, 0.29) is 5.82 Å². The van der Waals surface area contributed by atoms with Gasteiger partial charge in [0.05, 0.1) is 5.75 Å². The lowest BCUT2D eigenvalue weighted by Gasteiger charge is -2.03. The minimum atomic E-state index is -0.277. The quantitative estimate of drug-likeness (QED) is 0.379. The van der Waals surface area contributed by atoms with Gasteiger partial charge in [0.25, 0.3) is 0 Å². The van der Waals surface area contributed by atoms with Gasteiger partial charge in [-0.15, -0.1) is 10.2 Å². The molecule has 2 heterocycles. The summed E-state index contributed by atoms with van der Waals surface area (Å²) < 4.78 is 19.7. The third kappa shape index (κ3) is 4.37. The predicted octanol–water partition coefficient (Wildman–Crippen LogP) is 2.99. The molecule has 9 heteroatoms. The van der Waals surface area contributed by atoms with Crippen molar-refractivity contribution in [3.8, 4) is 0 Å². The topological polar surface area (TPSA) is 95.7 Å². The highest BCUT2D eigenvalue weighted by Crippen LogP contribution is 2.21. The van der Waals surface area contributed by atoms with Crippen molar-refractivity contribution in [2.45, 2.75) is 23.8 Å². The molecule has 0 saturated heterocycles. The van der Waals surface area contributed by atoms with Gasteiger partial charge >= 0.3 is 0 Å². The molecule has 4 aromatic rings. The van der Waals surface area contributed by atoms with E-state index in [1.807, 2.05) is 30.3 Å². The molecular formula is C19H17FN6OS. The van der Waals surface area contributed by atoms with Gasteiger partial charge in [0, 0.05) is 12.8 Å². The average molecular weight is 396 g/mol. The zero-order valence-corrected chi connectivity index (χ0v) is 15.6. The molecule has 0 amide bonds. The van der Waals surface area contributed by atoms with E-state index in [0.717, 1.165) is 11.1 Å². The highest BCUT2D eigenvalue weighted by atomic mass is 32.2. The van der Waals surface area contributed by atoms with E-state index in [9.17, 15) is 4.39 Å². The first-order valence-electron chi connectivity index (χ1n) is 8.59. The number of halogens is 1. The summed E-state index contributed by atoms with van der Waals surface area (Å²) in [5.74, 6) is 7.96. The molecule has 4 rings (SSSR count). The normalized spacial score (nSPS) is 11.0. The monoisotopic (exact) mass is 396 g/mol. The lowest BCUT2D eigenvalue weighted by atomic mass is 10.1. The second kappa shape index (κ2) is 8.22. The van der Waals surface area contributed by atoms with E-state index in [4.69, 9.17) is 10.4 Å². The first-order chi connectivity index (χ1) is 13.7. The van der Waals surface area contributed by atoms with Crippen LogP contribution >= 0.6 is 11.8 Å². The van der Waals surface area contributed by atoms with Gasteiger partial charge in [-0.1, -0.05) is 59.4 Å². The number of thioether (sulfide) groups is 1. The lowest BCUT2D eigenvalue weighted by molar-refractivity contribution is 0.385. The Balaban J connectivity index is 1.36. The summed E-state index contributed by atoms with van der Waals surface area (Å²) in [5, 5.41) is 12.8. The van der Waals surface area contributed by atoms with Crippen molar-refractivity contribution < 1.29 is 8.91 Å². The van der Waals surface area contributed by atoms with E-state index >= 15 is 0 Å². The van der Waals surface area contributed by atoms with E-state index in [1.54, 1.807) is 12.1 Å². The van der Waals surface area contributed by atoms with Crippen LogP contribution in [0.3, 0.4) is 0 Å². The van der Waals surface area contributed by atoms with Crippen LogP contribution in [0.25, 0.3) is 0 Å². The van der Waals surface area contributed by atoms with E-state index in [2.05, 4.69) is 20.3 Å². The van der Waals surface area contributed by atoms with Crippen molar-refractivity contribution in [3.63, 3.8) is 0 Å². The summed E-state index contributed by atoms with van der Waals surface area (Å²) in [5.41, 5.74) is 2.02. The number of rotatable bonds is 7. The second-order valence-corrected chi connectivity index (χ2v) is 7.07. The number of aromatic nitrogens is 5. The van der Waals surface area contributed by atoms with Crippen LogP contribution in [0.2, 0.25) is 0 Å². The van der Waals surface area contributed by atoms with Crippen molar-refractivity contribution in [1.29, 1.82) is 0 Å². The summed E-state index contributed by atoms with van der Waals surface area (Å²) in [7, 11) is 0. The Morgan fingerprint density at radius 3 is 2.50 bits per heavy atom. The van der Waals surface area contributed by atoms with Gasteiger partial charge < -0.3 is 10.4 Å². The van der Waals surface area contributed by atoms with Crippen LogP contribution in [0, 0.1) is 5.82 Å². The maximum Gasteiger partial charge on any atom is 0.237 e. The highest BCUT2D eigenvalue weighted by Gasteiger charge is 2.14. The lowest BCUT2D eigenvalue weighted by Crippen LogP contribution is -2.14. The molecule has 28 heavy (non-hydrogen) atoms. The molecule has 0 aliphatic heterocycles. The molecule has 0 saturated carbocycles. The molecule has 2 aromatic carbocycles. The van der Waals surface area contributed by atoms with Gasteiger partial charge in [-0.2, -0.15) is 4.98 Å². The molecule has 0 atom stereocenters. The van der Waals surface area contributed by atoms with Crippen molar-refractivity contribution in [2.75, 3.05) is 5.84 Å². The van der Waals surface area contributed by atoms with Crippen LogP contribution in [-0.2, 0) is 18.6 Å². The van der Waals surface area contributed by atoms with Crippen LogP contribution in [0.4, 0.5) is 4.39 Å². The zero-order chi connectivity index (χ0) is 19.3. The molecule has 0 fully saturated rings. The Morgan fingerprint density at radius 2 is 1.71 bits per heavy atom. The van der Waals surface area contributed by atoms with Crippen LogP contribution in [0.5, 0.6) is 0 Å². The van der Waals surface area contributed by atoms with Crippen molar-refractivity contribution in [3.05, 3.63) is 89.1 Å². The Kier molecular flexibility index (Phi) is 5.34. The molecule has 2 N–H and O–H groups in total. The third-order valence-electron chi connectivity index (χ3n) is 4.05. The van der Waals surface area contributed by atoms with Crippen molar-refractivity contribution in [2.24, 2.45) is 0 Å². The molecule has 0 radical (unpaired) electrons. The minimum absolute atomic E-state index is 0.277. The summed E-state index contributed by atoms with van der Waals surface area (Å²) in [6.07, 6.45) is 1.08. The molecule has 0 bridgehead atoms. The van der Waals surface area contributed by atoms with Crippen molar-refractivity contribution in [1.82, 2.24) is 25.0 Å². The Morgan fingerprint density at radius 1 is 0.964 bits per heavy atom. The molecule has 0 aliphatic carbocycles. The first kappa shape index (κ1) is 18.2. The number of nitrogens with zero attached hydrogens (tertiary/aromatic N) is 5. The third-order valence-corrected chi connectivity index (χ3v) is 4.98. The standard InChI is InChI=1S/C19H17FN6OS/c20-15-8-6-14(7-9-15)11-17-23-24-19(26(17)21)28-12-18-22-16(25-27-18)10-13-4-2-1-3-5-13/h1-9H,10-12,21H2. The number of nitrogens with two attached hydrogens (primary N) is 1. The maximum atomic E-state index is 13.0. The summed E-state index contributed by atoms with van der Waals surface area (Å²) in [6.45, 7) is 0. The molecule has 0 unspecified atom stereocenters. The van der Waals surface area contributed by atoms with Crippen LogP contribution < -0.4 is 5.84 Å². The predicted molar refractivity (Wildman–Crippen MR) is 102 cm³/mol. The fourth-order valence-electron chi connectivity index (χ4n) is 2.64.